The number of rotatable bonds is 2. The van der Waals surface area contributed by atoms with Crippen molar-refractivity contribution in [3.63, 3.8) is 0 Å². The third-order valence-corrected chi connectivity index (χ3v) is 2.34. The zero-order valence-corrected chi connectivity index (χ0v) is 8.85. The Hall–Kier alpha value is -2.53. The van der Waals surface area contributed by atoms with Gasteiger partial charge in [-0.05, 0) is 24.6 Å². The Morgan fingerprint density at radius 1 is 1.56 bits per heavy atom. The second kappa shape index (κ2) is 4.33. The summed E-state index contributed by atoms with van der Waals surface area (Å²) in [7, 11) is 1.71. The second-order valence-electron chi connectivity index (χ2n) is 3.22. The minimum atomic E-state index is -1.27. The van der Waals surface area contributed by atoms with Gasteiger partial charge in [0.05, 0.1) is 0 Å². The van der Waals surface area contributed by atoms with Crippen molar-refractivity contribution in [2.45, 2.75) is 6.92 Å². The molecule has 0 aliphatic carbocycles. The van der Waals surface area contributed by atoms with Crippen LogP contribution in [-0.4, -0.2) is 15.6 Å². The topological polar surface area (TPSA) is 89.8 Å². The summed E-state index contributed by atoms with van der Waals surface area (Å²) < 4.78 is 1.64. The molecule has 1 aromatic rings. The standard InChI is InChI=1S/C11H9N3O2/c1-7-8(3-9(5-12)11(15)16)4-10(6-13)14(7)2/h3-4H,1-2H3,(H,15,16)/b9-3-. The molecule has 0 aliphatic heterocycles. The van der Waals surface area contributed by atoms with E-state index >= 15 is 0 Å². The molecule has 1 aromatic heterocycles. The Balaban J connectivity index is 3.33. The third kappa shape index (κ3) is 1.94. The molecule has 80 valence electrons. The monoisotopic (exact) mass is 215 g/mol. The van der Waals surface area contributed by atoms with Crippen LogP contribution in [0.1, 0.15) is 17.0 Å². The van der Waals surface area contributed by atoms with Crippen LogP contribution < -0.4 is 0 Å². The molecule has 0 atom stereocenters. The van der Waals surface area contributed by atoms with Gasteiger partial charge < -0.3 is 9.67 Å². The lowest BCUT2D eigenvalue weighted by atomic mass is 10.1. The number of carbonyl (C=O) groups is 1. The highest BCUT2D eigenvalue weighted by Gasteiger charge is 2.11. The van der Waals surface area contributed by atoms with Crippen molar-refractivity contribution in [2.75, 3.05) is 0 Å². The van der Waals surface area contributed by atoms with Crippen LogP contribution in [0.5, 0.6) is 0 Å². The lowest BCUT2D eigenvalue weighted by Crippen LogP contribution is -1.98. The molecule has 0 amide bonds. The summed E-state index contributed by atoms with van der Waals surface area (Å²) in [6.45, 7) is 1.75. The van der Waals surface area contributed by atoms with Gasteiger partial charge in [-0.15, -0.1) is 0 Å². The molecule has 0 radical (unpaired) electrons. The van der Waals surface area contributed by atoms with Crippen molar-refractivity contribution in [3.05, 3.63) is 28.6 Å². The fourth-order valence-electron chi connectivity index (χ4n) is 1.27. The molecule has 0 fully saturated rings. The van der Waals surface area contributed by atoms with Gasteiger partial charge in [-0.3, -0.25) is 0 Å². The van der Waals surface area contributed by atoms with Crippen molar-refractivity contribution in [2.24, 2.45) is 7.05 Å². The van der Waals surface area contributed by atoms with Crippen molar-refractivity contribution in [1.29, 1.82) is 10.5 Å². The van der Waals surface area contributed by atoms with E-state index in [1.165, 1.54) is 6.08 Å². The predicted molar refractivity (Wildman–Crippen MR) is 56.1 cm³/mol. The van der Waals surface area contributed by atoms with Crippen LogP contribution >= 0.6 is 0 Å². The van der Waals surface area contributed by atoms with E-state index in [-0.39, 0.29) is 5.57 Å². The van der Waals surface area contributed by atoms with Gasteiger partial charge in [-0.25, -0.2) is 4.79 Å². The summed E-state index contributed by atoms with van der Waals surface area (Å²) in [5.41, 5.74) is 1.38. The summed E-state index contributed by atoms with van der Waals surface area (Å²) in [5, 5.41) is 26.1. The molecule has 5 nitrogen and oxygen atoms in total. The molecule has 0 unspecified atom stereocenters. The Bertz CT molecular complexity index is 553. The predicted octanol–water partition coefficient (Wildman–Crippen LogP) is 1.20. The van der Waals surface area contributed by atoms with Gasteiger partial charge in [0.1, 0.15) is 23.4 Å². The number of nitriles is 2. The SMILES string of the molecule is Cc1c(/C=C(/C#N)C(=O)O)cc(C#N)n1C. The van der Waals surface area contributed by atoms with Crippen LogP contribution in [0.2, 0.25) is 0 Å². The molecule has 0 aliphatic rings. The first-order chi connectivity index (χ1) is 7.51. The van der Waals surface area contributed by atoms with E-state index in [1.807, 2.05) is 6.07 Å². The molecule has 5 heteroatoms. The first-order valence-corrected chi connectivity index (χ1v) is 4.42. The Labute approximate surface area is 92.5 Å². The fraction of sp³-hybridized carbons (Fsp3) is 0.182. The number of aliphatic carboxylic acids is 1. The smallest absolute Gasteiger partial charge is 0.346 e. The molecule has 0 spiro atoms. The Morgan fingerprint density at radius 3 is 2.56 bits per heavy atom. The zero-order chi connectivity index (χ0) is 12.3. The Morgan fingerprint density at radius 2 is 2.19 bits per heavy atom. The van der Waals surface area contributed by atoms with Gasteiger partial charge in [-0.2, -0.15) is 10.5 Å². The molecule has 0 saturated heterocycles. The van der Waals surface area contributed by atoms with Crippen LogP contribution in [0.25, 0.3) is 6.08 Å². The van der Waals surface area contributed by atoms with Crippen molar-refractivity contribution >= 4 is 12.0 Å². The quantitative estimate of drug-likeness (QED) is 0.592. The van der Waals surface area contributed by atoms with Crippen molar-refractivity contribution < 1.29 is 9.90 Å². The Kier molecular flexibility index (Phi) is 3.12. The van der Waals surface area contributed by atoms with Gasteiger partial charge in [0, 0.05) is 12.7 Å². The van der Waals surface area contributed by atoms with Crippen LogP contribution in [0, 0.1) is 29.6 Å². The minimum Gasteiger partial charge on any atom is -0.477 e. The molecule has 1 N–H and O–H groups in total. The highest BCUT2D eigenvalue weighted by molar-refractivity contribution is 5.96. The summed E-state index contributed by atoms with van der Waals surface area (Å²) in [6.07, 6.45) is 1.26. The maximum Gasteiger partial charge on any atom is 0.346 e. The number of hydrogen-bond acceptors (Lipinski definition) is 3. The number of carboxylic acids is 1. The lowest BCUT2D eigenvalue weighted by molar-refractivity contribution is -0.132. The van der Waals surface area contributed by atoms with Gasteiger partial charge in [0.25, 0.3) is 0 Å². The van der Waals surface area contributed by atoms with Gasteiger partial charge in [0.2, 0.25) is 0 Å². The summed E-state index contributed by atoms with van der Waals surface area (Å²) in [4.78, 5) is 10.6. The normalized spacial score (nSPS) is 10.6. The summed E-state index contributed by atoms with van der Waals surface area (Å²) in [5.74, 6) is -1.27. The zero-order valence-electron chi connectivity index (χ0n) is 8.85. The molecule has 1 heterocycles. The highest BCUT2D eigenvalue weighted by atomic mass is 16.4. The van der Waals surface area contributed by atoms with E-state index in [0.717, 1.165) is 5.69 Å². The van der Waals surface area contributed by atoms with Crippen LogP contribution in [-0.2, 0) is 11.8 Å². The largest absolute Gasteiger partial charge is 0.477 e. The number of hydrogen-bond donors (Lipinski definition) is 1. The van der Waals surface area contributed by atoms with E-state index in [0.29, 0.717) is 11.3 Å². The minimum absolute atomic E-state index is 0.349. The maximum atomic E-state index is 10.6. The number of carboxylic acid groups (broad SMARTS) is 1. The molecule has 0 saturated carbocycles. The van der Waals surface area contributed by atoms with Gasteiger partial charge >= 0.3 is 5.97 Å². The molecule has 0 bridgehead atoms. The number of aromatic nitrogens is 1. The van der Waals surface area contributed by atoms with E-state index in [1.54, 1.807) is 30.7 Å². The van der Waals surface area contributed by atoms with Gasteiger partial charge in [0.15, 0.2) is 0 Å². The summed E-state index contributed by atoms with van der Waals surface area (Å²) in [6, 6.07) is 5.12. The maximum absolute atomic E-state index is 10.6. The van der Waals surface area contributed by atoms with Crippen LogP contribution in [0.3, 0.4) is 0 Å². The first kappa shape index (κ1) is 11.5. The van der Waals surface area contributed by atoms with E-state index in [4.69, 9.17) is 15.6 Å². The van der Waals surface area contributed by atoms with E-state index in [9.17, 15) is 4.79 Å². The van der Waals surface area contributed by atoms with Crippen molar-refractivity contribution in [1.82, 2.24) is 4.57 Å². The molecule has 0 aromatic carbocycles. The number of nitrogens with zero attached hydrogens (tertiary/aromatic N) is 3. The highest BCUT2D eigenvalue weighted by Crippen LogP contribution is 2.16. The van der Waals surface area contributed by atoms with Crippen molar-refractivity contribution in [3.8, 4) is 12.1 Å². The molecular weight excluding hydrogens is 206 g/mol. The first-order valence-electron chi connectivity index (χ1n) is 4.42. The molecule has 16 heavy (non-hydrogen) atoms. The fourth-order valence-corrected chi connectivity index (χ4v) is 1.27. The van der Waals surface area contributed by atoms with E-state index < -0.39 is 5.97 Å². The summed E-state index contributed by atoms with van der Waals surface area (Å²) >= 11 is 0. The van der Waals surface area contributed by atoms with E-state index in [2.05, 4.69) is 0 Å². The average Bonchev–Trinajstić information content (AvgIpc) is 2.52. The van der Waals surface area contributed by atoms with Gasteiger partial charge in [-0.1, -0.05) is 0 Å². The lowest BCUT2D eigenvalue weighted by Gasteiger charge is -1.97. The third-order valence-electron chi connectivity index (χ3n) is 2.34. The van der Waals surface area contributed by atoms with Crippen LogP contribution in [0.4, 0.5) is 0 Å². The van der Waals surface area contributed by atoms with Crippen LogP contribution in [0.15, 0.2) is 11.6 Å². The molecule has 1 rings (SSSR count). The second-order valence-corrected chi connectivity index (χ2v) is 3.22. The molecular formula is C11H9N3O2. The average molecular weight is 215 g/mol.